The number of nitrogens with two attached hydrogens (primary N) is 1. The standard InChI is InChI=1S/C12H25N3O/c1-9-7-14(5)11(16)10(6-13)15(8-9)12(2,3)4/h9-10H,6-8,13H2,1-5H3. The topological polar surface area (TPSA) is 49.6 Å². The van der Waals surface area contributed by atoms with Crippen LogP contribution in [0.15, 0.2) is 0 Å². The van der Waals surface area contributed by atoms with Gasteiger partial charge < -0.3 is 10.6 Å². The molecule has 1 rings (SSSR count). The molecule has 2 atom stereocenters. The maximum atomic E-state index is 12.2. The lowest BCUT2D eigenvalue weighted by molar-refractivity contribution is -0.135. The summed E-state index contributed by atoms with van der Waals surface area (Å²) in [5.41, 5.74) is 5.75. The zero-order valence-electron chi connectivity index (χ0n) is 11.2. The Morgan fingerprint density at radius 3 is 2.38 bits per heavy atom. The van der Waals surface area contributed by atoms with E-state index in [4.69, 9.17) is 5.73 Å². The molecule has 1 aliphatic rings. The van der Waals surface area contributed by atoms with Gasteiger partial charge in [0.25, 0.3) is 0 Å². The van der Waals surface area contributed by atoms with Gasteiger partial charge in [-0.15, -0.1) is 0 Å². The Balaban J connectivity index is 3.00. The first kappa shape index (κ1) is 13.5. The fourth-order valence-electron chi connectivity index (χ4n) is 2.44. The van der Waals surface area contributed by atoms with Crippen molar-refractivity contribution < 1.29 is 4.79 Å². The molecule has 0 radical (unpaired) electrons. The van der Waals surface area contributed by atoms with Gasteiger partial charge in [-0.25, -0.2) is 0 Å². The van der Waals surface area contributed by atoms with Crippen LogP contribution >= 0.6 is 0 Å². The third-order valence-electron chi connectivity index (χ3n) is 3.22. The second-order valence-corrected chi connectivity index (χ2v) is 5.90. The van der Waals surface area contributed by atoms with Crippen molar-refractivity contribution in [2.24, 2.45) is 11.7 Å². The molecule has 0 aromatic heterocycles. The lowest BCUT2D eigenvalue weighted by Crippen LogP contribution is -2.56. The summed E-state index contributed by atoms with van der Waals surface area (Å²) in [6.45, 7) is 10.8. The molecule has 0 saturated carbocycles. The number of hydrogen-bond acceptors (Lipinski definition) is 3. The number of likely N-dealkylation sites (N-methyl/N-ethyl adjacent to an activating group) is 1. The molecule has 0 aliphatic carbocycles. The summed E-state index contributed by atoms with van der Waals surface area (Å²) in [6.07, 6.45) is 0. The maximum Gasteiger partial charge on any atom is 0.241 e. The third-order valence-corrected chi connectivity index (χ3v) is 3.22. The smallest absolute Gasteiger partial charge is 0.241 e. The molecule has 1 saturated heterocycles. The second-order valence-electron chi connectivity index (χ2n) is 5.90. The minimum absolute atomic E-state index is 0.0147. The molecular weight excluding hydrogens is 202 g/mol. The quantitative estimate of drug-likeness (QED) is 0.710. The van der Waals surface area contributed by atoms with Crippen LogP contribution in [0.4, 0.5) is 0 Å². The van der Waals surface area contributed by atoms with Gasteiger partial charge in [0.1, 0.15) is 6.04 Å². The Morgan fingerprint density at radius 1 is 1.38 bits per heavy atom. The van der Waals surface area contributed by atoms with Crippen LogP contribution in [0, 0.1) is 5.92 Å². The molecule has 4 nitrogen and oxygen atoms in total. The van der Waals surface area contributed by atoms with Gasteiger partial charge in [0.05, 0.1) is 0 Å². The van der Waals surface area contributed by atoms with E-state index >= 15 is 0 Å². The van der Waals surface area contributed by atoms with Crippen molar-refractivity contribution in [3.8, 4) is 0 Å². The van der Waals surface area contributed by atoms with E-state index in [-0.39, 0.29) is 17.5 Å². The van der Waals surface area contributed by atoms with E-state index in [1.165, 1.54) is 0 Å². The third kappa shape index (κ3) is 2.74. The van der Waals surface area contributed by atoms with Crippen LogP contribution in [-0.2, 0) is 4.79 Å². The monoisotopic (exact) mass is 227 g/mol. The van der Waals surface area contributed by atoms with Crippen molar-refractivity contribution in [2.45, 2.75) is 39.3 Å². The van der Waals surface area contributed by atoms with Crippen LogP contribution < -0.4 is 5.73 Å². The van der Waals surface area contributed by atoms with Crippen LogP contribution in [0.1, 0.15) is 27.7 Å². The molecule has 4 heteroatoms. The van der Waals surface area contributed by atoms with Crippen molar-refractivity contribution in [1.82, 2.24) is 9.80 Å². The van der Waals surface area contributed by atoms with Crippen molar-refractivity contribution in [1.29, 1.82) is 0 Å². The zero-order valence-corrected chi connectivity index (χ0v) is 11.2. The van der Waals surface area contributed by atoms with E-state index in [0.717, 1.165) is 13.1 Å². The minimum atomic E-state index is -0.171. The molecule has 0 spiro atoms. The number of rotatable bonds is 1. The first-order chi connectivity index (χ1) is 7.27. The lowest BCUT2D eigenvalue weighted by atomic mass is 10.0. The van der Waals surface area contributed by atoms with Crippen molar-refractivity contribution in [3.63, 3.8) is 0 Å². The zero-order chi connectivity index (χ0) is 12.5. The van der Waals surface area contributed by atoms with E-state index < -0.39 is 0 Å². The van der Waals surface area contributed by atoms with Crippen LogP contribution in [0.25, 0.3) is 0 Å². The maximum absolute atomic E-state index is 12.2. The van der Waals surface area contributed by atoms with Gasteiger partial charge in [0, 0.05) is 32.2 Å². The molecule has 94 valence electrons. The summed E-state index contributed by atoms with van der Waals surface area (Å²) < 4.78 is 0. The summed E-state index contributed by atoms with van der Waals surface area (Å²) in [5, 5.41) is 0. The SMILES string of the molecule is CC1CN(C)C(=O)C(CN)N(C(C)(C)C)C1. The van der Waals surface area contributed by atoms with Crippen LogP contribution in [-0.4, -0.2) is 54.0 Å². The molecular formula is C12H25N3O. The van der Waals surface area contributed by atoms with E-state index in [0.29, 0.717) is 12.5 Å². The van der Waals surface area contributed by atoms with Gasteiger partial charge in [-0.05, 0) is 26.7 Å². The summed E-state index contributed by atoms with van der Waals surface area (Å²) in [7, 11) is 1.87. The number of carbonyl (C=O) groups excluding carboxylic acids is 1. The molecule has 0 aromatic rings. The molecule has 1 heterocycles. The van der Waals surface area contributed by atoms with Crippen molar-refractivity contribution in [2.75, 3.05) is 26.7 Å². The Hall–Kier alpha value is -0.610. The molecule has 2 unspecified atom stereocenters. The summed E-state index contributed by atoms with van der Waals surface area (Å²) >= 11 is 0. The Bertz CT molecular complexity index is 259. The first-order valence-electron chi connectivity index (χ1n) is 5.99. The van der Waals surface area contributed by atoms with Gasteiger partial charge in [-0.1, -0.05) is 6.92 Å². The fraction of sp³-hybridized carbons (Fsp3) is 0.917. The average molecular weight is 227 g/mol. The van der Waals surface area contributed by atoms with Crippen LogP contribution in [0.3, 0.4) is 0 Å². The highest BCUT2D eigenvalue weighted by molar-refractivity contribution is 5.82. The number of carbonyl (C=O) groups is 1. The summed E-state index contributed by atoms with van der Waals surface area (Å²) in [6, 6.07) is -0.171. The number of nitrogens with zero attached hydrogens (tertiary/aromatic N) is 2. The predicted molar refractivity (Wildman–Crippen MR) is 66.1 cm³/mol. The van der Waals surface area contributed by atoms with Gasteiger partial charge >= 0.3 is 0 Å². The van der Waals surface area contributed by atoms with Crippen LogP contribution in [0.2, 0.25) is 0 Å². The molecule has 0 bridgehead atoms. The lowest BCUT2D eigenvalue weighted by Gasteiger charge is -2.40. The molecule has 2 N–H and O–H groups in total. The molecule has 0 aromatic carbocycles. The fourth-order valence-corrected chi connectivity index (χ4v) is 2.44. The van der Waals surface area contributed by atoms with Gasteiger partial charge in [0.2, 0.25) is 5.91 Å². The molecule has 1 amide bonds. The average Bonchev–Trinajstić information content (AvgIpc) is 2.24. The highest BCUT2D eigenvalue weighted by atomic mass is 16.2. The minimum Gasteiger partial charge on any atom is -0.344 e. The number of amides is 1. The van der Waals surface area contributed by atoms with Crippen molar-refractivity contribution >= 4 is 5.91 Å². The Kier molecular flexibility index (Phi) is 3.97. The van der Waals surface area contributed by atoms with Gasteiger partial charge in [-0.2, -0.15) is 0 Å². The van der Waals surface area contributed by atoms with Crippen molar-refractivity contribution in [3.05, 3.63) is 0 Å². The largest absolute Gasteiger partial charge is 0.344 e. The van der Waals surface area contributed by atoms with E-state index in [1.807, 2.05) is 11.9 Å². The Morgan fingerprint density at radius 2 is 1.94 bits per heavy atom. The summed E-state index contributed by atoms with van der Waals surface area (Å²) in [5.74, 6) is 0.645. The predicted octanol–water partition coefficient (Wildman–Crippen LogP) is 0.522. The second kappa shape index (κ2) is 4.72. The Labute approximate surface area is 98.8 Å². The van der Waals surface area contributed by atoms with Gasteiger partial charge in [0.15, 0.2) is 0 Å². The first-order valence-corrected chi connectivity index (χ1v) is 5.99. The molecule has 1 fully saturated rings. The van der Waals surface area contributed by atoms with E-state index in [2.05, 4.69) is 32.6 Å². The van der Waals surface area contributed by atoms with E-state index in [9.17, 15) is 4.79 Å². The normalized spacial score (nSPS) is 29.4. The van der Waals surface area contributed by atoms with Gasteiger partial charge in [-0.3, -0.25) is 9.69 Å². The highest BCUT2D eigenvalue weighted by Gasteiger charge is 2.37. The number of hydrogen-bond donors (Lipinski definition) is 1. The van der Waals surface area contributed by atoms with E-state index in [1.54, 1.807) is 0 Å². The molecule has 16 heavy (non-hydrogen) atoms. The highest BCUT2D eigenvalue weighted by Crippen LogP contribution is 2.23. The molecule has 1 aliphatic heterocycles. The summed E-state index contributed by atoms with van der Waals surface area (Å²) in [4.78, 5) is 16.2. The van der Waals surface area contributed by atoms with Crippen LogP contribution in [0.5, 0.6) is 0 Å².